The van der Waals surface area contributed by atoms with E-state index in [-0.39, 0.29) is 17.2 Å². The third kappa shape index (κ3) is 5.55. The van der Waals surface area contributed by atoms with Crippen molar-refractivity contribution in [1.29, 1.82) is 0 Å². The predicted octanol–water partition coefficient (Wildman–Crippen LogP) is 3.01. The number of para-hydroxylation sites is 1. The van der Waals surface area contributed by atoms with Gasteiger partial charge in [-0.25, -0.2) is 4.99 Å². The van der Waals surface area contributed by atoms with Gasteiger partial charge in [0.25, 0.3) is 0 Å². The molecule has 3 heterocycles. The maximum Gasteiger partial charge on any atom is 0.228 e. The number of carbonyl (C=O) groups excluding carboxylic acids is 1. The maximum atomic E-state index is 12.5. The van der Waals surface area contributed by atoms with Crippen molar-refractivity contribution in [2.24, 2.45) is 23.4 Å². The summed E-state index contributed by atoms with van der Waals surface area (Å²) in [7, 11) is 2.89. The van der Waals surface area contributed by atoms with Gasteiger partial charge in [-0.2, -0.15) is 5.10 Å². The summed E-state index contributed by atoms with van der Waals surface area (Å²) in [5, 5.41) is 13.9. The fourth-order valence-corrected chi connectivity index (χ4v) is 4.50. The lowest BCUT2D eigenvalue weighted by molar-refractivity contribution is -0.123. The number of hydrogen-bond acceptors (Lipinski definition) is 5. The number of amidine groups is 1. The minimum absolute atomic E-state index is 0.119. The molecular weight excluding hydrogens is 380 g/mol. The highest BCUT2D eigenvalue weighted by atomic mass is 16.5. The zero-order valence-corrected chi connectivity index (χ0v) is 17.9. The molecule has 1 saturated carbocycles. The first-order chi connectivity index (χ1) is 14.6. The summed E-state index contributed by atoms with van der Waals surface area (Å²) < 4.78 is 7.41. The number of ether oxygens (including phenoxy) is 1. The van der Waals surface area contributed by atoms with E-state index in [0.717, 1.165) is 64.0 Å². The number of hydrogen-bond donors (Lipinski definition) is 2. The fraction of sp³-hybridized carbons (Fsp3) is 0.522. The van der Waals surface area contributed by atoms with Crippen LogP contribution in [0, 0.1) is 11.3 Å². The van der Waals surface area contributed by atoms with Crippen LogP contribution in [0.1, 0.15) is 37.7 Å². The topological polar surface area (TPSA) is 88.7 Å². The quantitative estimate of drug-likeness (QED) is 0.754. The Kier molecular flexibility index (Phi) is 7.76. The number of fused-ring (bicyclic) bond motifs is 1. The van der Waals surface area contributed by atoms with Gasteiger partial charge in [0.05, 0.1) is 12.3 Å². The lowest BCUT2D eigenvalue weighted by atomic mass is 9.80. The first-order valence-electron chi connectivity index (χ1n) is 10.6. The van der Waals surface area contributed by atoms with E-state index in [0.29, 0.717) is 0 Å². The van der Waals surface area contributed by atoms with Gasteiger partial charge < -0.3 is 15.2 Å². The number of carbonyl (C=O) groups is 1. The Morgan fingerprint density at radius 3 is 2.73 bits per heavy atom. The molecule has 1 amide bonds. The molecule has 0 radical (unpaired) electrons. The second-order valence-electron chi connectivity index (χ2n) is 8.13. The van der Waals surface area contributed by atoms with Gasteiger partial charge in [0.2, 0.25) is 5.91 Å². The van der Waals surface area contributed by atoms with Gasteiger partial charge in [-0.15, -0.1) is 0 Å². The van der Waals surface area contributed by atoms with Crippen LogP contribution in [0.2, 0.25) is 0 Å². The highest BCUT2D eigenvalue weighted by Crippen LogP contribution is 2.47. The minimum Gasteiger partial charge on any atom is -0.400 e. The maximum absolute atomic E-state index is 12.5. The molecule has 7 heteroatoms. The lowest BCUT2D eigenvalue weighted by Gasteiger charge is -2.33. The van der Waals surface area contributed by atoms with Gasteiger partial charge in [0, 0.05) is 45.5 Å². The van der Waals surface area contributed by atoms with E-state index in [1.807, 2.05) is 37.5 Å². The summed E-state index contributed by atoms with van der Waals surface area (Å²) in [6.45, 7) is 1.72. The molecule has 1 aliphatic carbocycles. The molecule has 2 aliphatic heterocycles. The summed E-state index contributed by atoms with van der Waals surface area (Å²) >= 11 is 0. The molecule has 3 aliphatic rings. The number of amides is 1. The number of nitrogens with zero attached hydrogens (tertiary/aromatic N) is 3. The molecule has 2 fully saturated rings. The number of rotatable bonds is 1. The Morgan fingerprint density at radius 2 is 2.10 bits per heavy atom. The van der Waals surface area contributed by atoms with E-state index in [1.165, 1.54) is 12.0 Å². The average Bonchev–Trinajstić information content (AvgIpc) is 3.51. The van der Waals surface area contributed by atoms with Gasteiger partial charge in [-0.1, -0.05) is 18.2 Å². The second kappa shape index (κ2) is 10.5. The zero-order chi connectivity index (χ0) is 21.4. The Morgan fingerprint density at radius 1 is 1.27 bits per heavy atom. The molecule has 1 spiro atoms. The van der Waals surface area contributed by atoms with Crippen molar-refractivity contribution in [2.75, 3.05) is 20.3 Å². The molecule has 7 nitrogen and oxygen atoms in total. The number of aliphatic imine (C=N–C) groups is 1. The van der Waals surface area contributed by atoms with Crippen LogP contribution >= 0.6 is 0 Å². The van der Waals surface area contributed by atoms with Crippen molar-refractivity contribution < 1.29 is 14.6 Å². The Bertz CT molecular complexity index is 842. The summed E-state index contributed by atoms with van der Waals surface area (Å²) in [5.41, 5.74) is 2.45. The molecule has 1 aromatic carbocycles. The van der Waals surface area contributed by atoms with Crippen molar-refractivity contribution in [3.8, 4) is 0 Å². The minimum atomic E-state index is 0.119. The predicted molar refractivity (Wildman–Crippen MR) is 117 cm³/mol. The Labute approximate surface area is 178 Å². The third-order valence-electron chi connectivity index (χ3n) is 5.99. The Hall–Kier alpha value is -2.51. The second-order valence-corrected chi connectivity index (χ2v) is 8.13. The van der Waals surface area contributed by atoms with Crippen molar-refractivity contribution >= 4 is 17.4 Å². The molecule has 5 rings (SSSR count). The normalized spacial score (nSPS) is 24.1. The van der Waals surface area contributed by atoms with Gasteiger partial charge in [-0.05, 0) is 55.2 Å². The van der Waals surface area contributed by atoms with Crippen LogP contribution in [-0.2, 0) is 23.0 Å². The van der Waals surface area contributed by atoms with E-state index in [2.05, 4.69) is 21.5 Å². The largest absolute Gasteiger partial charge is 0.400 e. The highest BCUT2D eigenvalue weighted by molar-refractivity contribution is 6.03. The van der Waals surface area contributed by atoms with E-state index >= 15 is 0 Å². The zero-order valence-electron chi connectivity index (χ0n) is 17.9. The van der Waals surface area contributed by atoms with Crippen LogP contribution in [0.4, 0.5) is 5.69 Å². The van der Waals surface area contributed by atoms with E-state index in [9.17, 15) is 4.79 Å². The number of nitrogens with one attached hydrogen (secondary N) is 1. The van der Waals surface area contributed by atoms with Crippen LogP contribution in [0.25, 0.3) is 0 Å². The molecule has 2 N–H and O–H groups in total. The van der Waals surface area contributed by atoms with Crippen LogP contribution in [0.3, 0.4) is 0 Å². The first-order valence-corrected chi connectivity index (χ1v) is 10.6. The SMILES string of the molecule is CO.Cn1cccn1.O=C(NC1=Nc2ccccc2C1)C1CC[C@]2(CCCOC2)C1. The highest BCUT2D eigenvalue weighted by Gasteiger charge is 2.43. The summed E-state index contributed by atoms with van der Waals surface area (Å²) in [6, 6.07) is 9.96. The van der Waals surface area contributed by atoms with Crippen molar-refractivity contribution in [3.05, 3.63) is 48.3 Å². The lowest BCUT2D eigenvalue weighted by Crippen LogP contribution is -2.36. The number of benzene rings is 1. The number of aliphatic hydroxyl groups excluding tert-OH is 1. The van der Waals surface area contributed by atoms with E-state index in [4.69, 9.17) is 9.84 Å². The van der Waals surface area contributed by atoms with Crippen molar-refractivity contribution in [3.63, 3.8) is 0 Å². The summed E-state index contributed by atoms with van der Waals surface area (Å²) in [4.78, 5) is 17.1. The monoisotopic (exact) mass is 412 g/mol. The van der Waals surface area contributed by atoms with E-state index in [1.54, 1.807) is 10.9 Å². The van der Waals surface area contributed by atoms with Gasteiger partial charge in [-0.3, -0.25) is 9.48 Å². The van der Waals surface area contributed by atoms with Crippen LogP contribution in [-0.4, -0.2) is 47.0 Å². The summed E-state index contributed by atoms with van der Waals surface area (Å²) in [5.74, 6) is 1.06. The van der Waals surface area contributed by atoms with Crippen LogP contribution < -0.4 is 5.32 Å². The first kappa shape index (κ1) is 22.2. The molecular formula is C23H32N4O3. The molecule has 162 valence electrons. The van der Waals surface area contributed by atoms with Gasteiger partial charge in [0.15, 0.2) is 0 Å². The molecule has 2 atom stereocenters. The fourth-order valence-electron chi connectivity index (χ4n) is 4.50. The molecule has 30 heavy (non-hydrogen) atoms. The van der Waals surface area contributed by atoms with Gasteiger partial charge in [0.1, 0.15) is 5.84 Å². The smallest absolute Gasteiger partial charge is 0.228 e. The standard InChI is InChI=1S/C18H22N2O2.C4H6N2.CH4O/c21-17(14-6-8-18(11-14)7-3-9-22-12-18)20-16-10-13-4-1-2-5-15(13)19-16;1-6-4-2-3-5-6;1-2/h1-2,4-5,14H,3,6-12H2,(H,19,20,21);2-4H,1H3;2H,1H3/t14?,18-;;/m1../s1. The van der Waals surface area contributed by atoms with Crippen molar-refractivity contribution in [2.45, 2.75) is 38.5 Å². The molecule has 1 aromatic heterocycles. The van der Waals surface area contributed by atoms with Crippen LogP contribution in [0.15, 0.2) is 47.7 Å². The molecule has 0 bridgehead atoms. The molecule has 1 saturated heterocycles. The third-order valence-corrected chi connectivity index (χ3v) is 5.99. The molecule has 2 aromatic rings. The number of aromatic nitrogens is 2. The number of aryl methyl sites for hydroxylation is 1. The van der Waals surface area contributed by atoms with Gasteiger partial charge >= 0.3 is 0 Å². The average molecular weight is 413 g/mol. The summed E-state index contributed by atoms with van der Waals surface area (Å²) in [6.07, 6.45) is 9.80. The van der Waals surface area contributed by atoms with E-state index < -0.39 is 0 Å². The number of aliphatic hydroxyl groups is 1. The van der Waals surface area contributed by atoms with Crippen LogP contribution in [0.5, 0.6) is 0 Å². The van der Waals surface area contributed by atoms with Crippen molar-refractivity contribution in [1.82, 2.24) is 15.1 Å². The molecule has 1 unspecified atom stereocenters. The Balaban J connectivity index is 0.000000273.